The van der Waals surface area contributed by atoms with Gasteiger partial charge in [0, 0.05) is 11.1 Å². The van der Waals surface area contributed by atoms with Crippen molar-refractivity contribution in [1.82, 2.24) is 10.6 Å². The highest BCUT2D eigenvalue weighted by Crippen LogP contribution is 2.45. The van der Waals surface area contributed by atoms with E-state index >= 15 is 0 Å². The molecule has 7 nitrogen and oxygen atoms in total. The fraction of sp³-hybridized carbons (Fsp3) is 0.227. The number of nitrogens with one attached hydrogen (secondary N) is 2. The molecule has 3 aromatic rings. The Morgan fingerprint density at radius 3 is 2.39 bits per heavy atom. The van der Waals surface area contributed by atoms with E-state index in [9.17, 15) is 32.7 Å². The number of hydrogen-bond acceptors (Lipinski definition) is 6. The molecule has 1 aliphatic rings. The summed E-state index contributed by atoms with van der Waals surface area (Å²) in [5.74, 6) is -3.21. The van der Waals surface area contributed by atoms with E-state index in [0.29, 0.717) is 11.1 Å². The van der Waals surface area contributed by atoms with Crippen LogP contribution in [0.25, 0.3) is 11.3 Å². The van der Waals surface area contributed by atoms with E-state index < -0.39 is 35.7 Å². The second kappa shape index (κ2) is 8.16. The van der Waals surface area contributed by atoms with Crippen molar-refractivity contribution in [2.24, 2.45) is 5.92 Å². The van der Waals surface area contributed by atoms with Crippen LogP contribution in [0.2, 0.25) is 0 Å². The van der Waals surface area contributed by atoms with E-state index in [-0.39, 0.29) is 22.2 Å². The minimum Gasteiger partial charge on any atom is -0.459 e. The maximum Gasteiger partial charge on any atom is 0.437 e. The number of alkyl halides is 3. The third-order valence-electron chi connectivity index (χ3n) is 5.36. The number of hydrogen-bond donors (Lipinski definition) is 3. The Morgan fingerprint density at radius 2 is 1.82 bits per heavy atom. The van der Waals surface area contributed by atoms with Gasteiger partial charge in [-0.05, 0) is 30.5 Å². The van der Waals surface area contributed by atoms with Crippen molar-refractivity contribution in [2.75, 3.05) is 0 Å². The molecule has 1 saturated heterocycles. The van der Waals surface area contributed by atoms with Crippen LogP contribution in [0.15, 0.2) is 58.3 Å². The van der Waals surface area contributed by atoms with Gasteiger partial charge in [0.25, 0.3) is 0 Å². The average molecular weight is 478 g/mol. The molecule has 3 atom stereocenters. The molecule has 33 heavy (non-hydrogen) atoms. The third-order valence-corrected chi connectivity index (χ3v) is 6.25. The minimum absolute atomic E-state index is 0.0165. The number of thiophene rings is 1. The molecular weight excluding hydrogens is 461 g/mol. The fourth-order valence-electron chi connectivity index (χ4n) is 3.69. The molecule has 11 heteroatoms. The van der Waals surface area contributed by atoms with Gasteiger partial charge < -0.3 is 20.2 Å². The number of urea groups is 1. The number of rotatable bonds is 5. The number of halogens is 3. The molecule has 1 aromatic carbocycles. The number of amides is 2. The highest BCUT2D eigenvalue weighted by Gasteiger charge is 2.67. The van der Waals surface area contributed by atoms with Crippen LogP contribution in [0.5, 0.6) is 0 Å². The summed E-state index contributed by atoms with van der Waals surface area (Å²) in [5, 5.41) is 15.8. The Labute approximate surface area is 189 Å². The lowest BCUT2D eigenvalue weighted by Crippen LogP contribution is -2.72. The van der Waals surface area contributed by atoms with Crippen LogP contribution in [-0.2, 0) is 0 Å². The van der Waals surface area contributed by atoms with Gasteiger partial charge in [0.1, 0.15) is 23.5 Å². The lowest BCUT2D eigenvalue weighted by atomic mass is 9.80. The lowest BCUT2D eigenvalue weighted by molar-refractivity contribution is -0.287. The predicted molar refractivity (Wildman–Crippen MR) is 112 cm³/mol. The number of Topliss-reactive ketones (excluding diaryl/α,β-unsaturated/α-hetero) is 2. The first-order chi connectivity index (χ1) is 15.5. The summed E-state index contributed by atoms with van der Waals surface area (Å²) in [6, 6.07) is 9.04. The Balaban J connectivity index is 1.76. The molecule has 4 rings (SSSR count). The van der Waals surface area contributed by atoms with E-state index in [1.165, 1.54) is 41.9 Å². The minimum atomic E-state index is -5.35. The van der Waals surface area contributed by atoms with E-state index in [0.717, 1.165) is 11.3 Å². The van der Waals surface area contributed by atoms with Gasteiger partial charge in [-0.1, -0.05) is 30.3 Å². The summed E-state index contributed by atoms with van der Waals surface area (Å²) in [6.07, 6.45) is -5.35. The number of benzene rings is 1. The molecule has 0 unspecified atom stereocenters. The monoisotopic (exact) mass is 478 g/mol. The highest BCUT2D eigenvalue weighted by molar-refractivity contribution is 7.12. The van der Waals surface area contributed by atoms with Crippen LogP contribution in [0.1, 0.15) is 38.8 Å². The summed E-state index contributed by atoms with van der Waals surface area (Å²) in [4.78, 5) is 36.6. The second-order valence-electron chi connectivity index (χ2n) is 7.50. The van der Waals surface area contributed by atoms with Crippen molar-refractivity contribution in [3.05, 3.63) is 70.1 Å². The van der Waals surface area contributed by atoms with Crippen molar-refractivity contribution < 1.29 is 37.1 Å². The molecular formula is C22H17F3N2O5S. The van der Waals surface area contributed by atoms with E-state index in [1.54, 1.807) is 24.3 Å². The molecule has 3 heterocycles. The van der Waals surface area contributed by atoms with Gasteiger partial charge in [0.05, 0.1) is 4.88 Å². The van der Waals surface area contributed by atoms with Crippen LogP contribution in [0.4, 0.5) is 18.0 Å². The summed E-state index contributed by atoms with van der Waals surface area (Å²) < 4.78 is 47.4. The molecule has 2 aromatic heterocycles. The highest BCUT2D eigenvalue weighted by atomic mass is 32.1. The topological polar surface area (TPSA) is 109 Å². The van der Waals surface area contributed by atoms with Gasteiger partial charge in [-0.2, -0.15) is 13.2 Å². The van der Waals surface area contributed by atoms with Crippen LogP contribution in [-0.4, -0.2) is 34.6 Å². The molecule has 0 aliphatic carbocycles. The SMILES string of the molecule is CC(=O)c1ccc(-c2ccc([C@H]3NC(=O)N[C@@](O)(C(F)(F)F)[C@H]3C(=O)c3cccs3)o2)cc1. The molecule has 0 radical (unpaired) electrons. The zero-order chi connectivity index (χ0) is 24.0. The zero-order valence-corrected chi connectivity index (χ0v) is 17.8. The Hall–Kier alpha value is -3.44. The number of carbonyl (C=O) groups excluding carboxylic acids is 3. The van der Waals surface area contributed by atoms with Gasteiger partial charge in [0.2, 0.25) is 5.72 Å². The number of carbonyl (C=O) groups is 3. The maximum absolute atomic E-state index is 13.9. The Kier molecular flexibility index (Phi) is 5.62. The Bertz CT molecular complexity index is 1200. The number of aliphatic hydroxyl groups is 1. The van der Waals surface area contributed by atoms with Crippen LogP contribution in [0.3, 0.4) is 0 Å². The van der Waals surface area contributed by atoms with Crippen LogP contribution >= 0.6 is 11.3 Å². The molecule has 172 valence electrons. The Morgan fingerprint density at radius 1 is 1.12 bits per heavy atom. The van der Waals surface area contributed by atoms with Gasteiger partial charge in [-0.3, -0.25) is 9.59 Å². The van der Waals surface area contributed by atoms with E-state index in [4.69, 9.17) is 4.42 Å². The number of ketones is 2. The quantitative estimate of drug-likeness (QED) is 0.474. The first-order valence-electron chi connectivity index (χ1n) is 9.68. The molecule has 2 amide bonds. The van der Waals surface area contributed by atoms with E-state index in [2.05, 4.69) is 5.32 Å². The fourth-order valence-corrected chi connectivity index (χ4v) is 4.40. The first kappa shape index (κ1) is 22.7. The van der Waals surface area contributed by atoms with Gasteiger partial charge in [-0.15, -0.1) is 11.3 Å². The average Bonchev–Trinajstić information content (AvgIpc) is 3.44. The van der Waals surface area contributed by atoms with Crippen molar-refractivity contribution >= 4 is 28.9 Å². The number of furan rings is 1. The summed E-state index contributed by atoms with van der Waals surface area (Å²) >= 11 is 0.913. The summed E-state index contributed by atoms with van der Waals surface area (Å²) in [6.45, 7) is 1.41. The lowest BCUT2D eigenvalue weighted by Gasteiger charge is -2.44. The largest absolute Gasteiger partial charge is 0.459 e. The van der Waals surface area contributed by atoms with Gasteiger partial charge in [0.15, 0.2) is 11.6 Å². The summed E-state index contributed by atoms with van der Waals surface area (Å²) in [7, 11) is 0. The maximum atomic E-state index is 13.9. The van der Waals surface area contributed by atoms with Crippen molar-refractivity contribution in [3.63, 3.8) is 0 Å². The van der Waals surface area contributed by atoms with E-state index in [1.807, 2.05) is 0 Å². The normalized spacial score (nSPS) is 23.0. The molecule has 3 N–H and O–H groups in total. The van der Waals surface area contributed by atoms with Crippen molar-refractivity contribution in [2.45, 2.75) is 24.9 Å². The van der Waals surface area contributed by atoms with Gasteiger partial charge >= 0.3 is 12.2 Å². The first-order valence-corrected chi connectivity index (χ1v) is 10.6. The van der Waals surface area contributed by atoms with Crippen molar-refractivity contribution in [3.8, 4) is 11.3 Å². The van der Waals surface area contributed by atoms with Gasteiger partial charge in [-0.25, -0.2) is 4.79 Å². The molecule has 0 spiro atoms. The van der Waals surface area contributed by atoms with Crippen molar-refractivity contribution in [1.29, 1.82) is 0 Å². The van der Waals surface area contributed by atoms with Crippen LogP contribution in [0, 0.1) is 5.92 Å². The standard InChI is InChI=1S/C22H17F3N2O5S/c1-11(28)12-4-6-13(7-5-12)14-8-9-15(32-14)18-17(19(29)16-3-2-10-33-16)21(31,22(23,24)25)27-20(30)26-18/h2-10,17-18,31H,1H3,(H2,26,27,30)/t17-,18-,21+/m1/s1. The molecule has 1 fully saturated rings. The second-order valence-corrected chi connectivity index (χ2v) is 8.44. The molecule has 0 bridgehead atoms. The predicted octanol–water partition coefficient (Wildman–Crippen LogP) is 4.31. The van der Waals surface area contributed by atoms with Crippen LogP contribution < -0.4 is 10.6 Å². The molecule has 0 saturated carbocycles. The zero-order valence-electron chi connectivity index (χ0n) is 17.0. The summed E-state index contributed by atoms with van der Waals surface area (Å²) in [5.41, 5.74) is -2.83. The third kappa shape index (κ3) is 4.05. The smallest absolute Gasteiger partial charge is 0.437 e. The molecule has 1 aliphatic heterocycles.